The Hall–Kier alpha value is -1.88. The summed E-state index contributed by atoms with van der Waals surface area (Å²) in [5.41, 5.74) is 0.961. The summed E-state index contributed by atoms with van der Waals surface area (Å²) >= 11 is 0. The lowest BCUT2D eigenvalue weighted by molar-refractivity contribution is 0.284. The van der Waals surface area contributed by atoms with Gasteiger partial charge in [0.1, 0.15) is 5.82 Å². The lowest BCUT2D eigenvalue weighted by atomic mass is 10.2. The maximum atomic E-state index is 4.58. The molecule has 0 bridgehead atoms. The van der Waals surface area contributed by atoms with Crippen molar-refractivity contribution in [3.63, 3.8) is 0 Å². The van der Waals surface area contributed by atoms with Crippen LogP contribution in [0.15, 0.2) is 24.3 Å². The molecule has 2 rings (SSSR count). The van der Waals surface area contributed by atoms with Crippen LogP contribution in [0.5, 0.6) is 0 Å². The van der Waals surface area contributed by atoms with Crippen LogP contribution in [0.4, 0.5) is 11.8 Å². The summed E-state index contributed by atoms with van der Waals surface area (Å²) < 4.78 is 0. The van der Waals surface area contributed by atoms with Crippen molar-refractivity contribution >= 4 is 22.7 Å². The van der Waals surface area contributed by atoms with Crippen LogP contribution in [0, 0.1) is 0 Å². The van der Waals surface area contributed by atoms with E-state index >= 15 is 0 Å². The molecule has 114 valence electrons. The van der Waals surface area contributed by atoms with E-state index in [0.717, 1.165) is 36.4 Å². The maximum Gasteiger partial charge on any atom is 0.225 e. The van der Waals surface area contributed by atoms with Crippen molar-refractivity contribution in [1.82, 2.24) is 14.9 Å². The van der Waals surface area contributed by atoms with Crippen LogP contribution in [-0.2, 0) is 0 Å². The zero-order valence-electron chi connectivity index (χ0n) is 13.3. The molecule has 0 saturated heterocycles. The van der Waals surface area contributed by atoms with E-state index in [0.29, 0.717) is 12.0 Å². The number of nitrogens with zero attached hydrogens (tertiary/aromatic N) is 3. The molecular formula is C16H25N5. The number of fused-ring (bicyclic) bond motifs is 1. The van der Waals surface area contributed by atoms with Crippen LogP contribution >= 0.6 is 0 Å². The van der Waals surface area contributed by atoms with E-state index in [4.69, 9.17) is 0 Å². The minimum atomic E-state index is 0.547. The molecule has 0 fully saturated rings. The number of nitrogens with one attached hydrogen (secondary N) is 2. The van der Waals surface area contributed by atoms with Gasteiger partial charge in [-0.15, -0.1) is 0 Å². The predicted octanol–water partition coefficient (Wildman–Crippen LogP) is 2.81. The minimum Gasteiger partial charge on any atom is -0.368 e. The molecule has 5 heteroatoms. The second-order valence-corrected chi connectivity index (χ2v) is 5.44. The normalized spacial score (nSPS) is 11.3. The summed E-state index contributed by atoms with van der Waals surface area (Å²) in [6.45, 7) is 9.09. The second-order valence-electron chi connectivity index (χ2n) is 5.44. The quantitative estimate of drug-likeness (QED) is 0.820. The van der Waals surface area contributed by atoms with Gasteiger partial charge in [0.15, 0.2) is 0 Å². The number of aromatic nitrogens is 2. The van der Waals surface area contributed by atoms with Crippen molar-refractivity contribution in [1.29, 1.82) is 0 Å². The van der Waals surface area contributed by atoms with Crippen LogP contribution in [0.3, 0.4) is 0 Å². The number of likely N-dealkylation sites (N-methyl/N-ethyl adjacent to an activating group) is 1. The van der Waals surface area contributed by atoms with E-state index in [1.54, 1.807) is 0 Å². The third-order valence-electron chi connectivity index (χ3n) is 3.58. The third kappa shape index (κ3) is 4.04. The lowest BCUT2D eigenvalue weighted by Crippen LogP contribution is -2.31. The molecule has 2 aromatic rings. The van der Waals surface area contributed by atoms with Gasteiger partial charge in [-0.1, -0.05) is 12.1 Å². The molecule has 1 aromatic heterocycles. The Kier molecular flexibility index (Phi) is 5.33. The van der Waals surface area contributed by atoms with Crippen LogP contribution < -0.4 is 10.6 Å². The molecule has 1 heterocycles. The molecule has 0 radical (unpaired) electrons. The largest absolute Gasteiger partial charge is 0.368 e. The molecule has 2 N–H and O–H groups in total. The van der Waals surface area contributed by atoms with E-state index in [1.807, 2.05) is 25.1 Å². The Morgan fingerprint density at radius 2 is 1.90 bits per heavy atom. The van der Waals surface area contributed by atoms with Crippen molar-refractivity contribution in [2.45, 2.75) is 26.8 Å². The van der Waals surface area contributed by atoms with Gasteiger partial charge >= 0.3 is 0 Å². The van der Waals surface area contributed by atoms with Gasteiger partial charge in [0.2, 0.25) is 5.95 Å². The first-order valence-electron chi connectivity index (χ1n) is 7.56. The molecule has 0 aliphatic heterocycles. The lowest BCUT2D eigenvalue weighted by Gasteiger charge is -2.21. The van der Waals surface area contributed by atoms with Gasteiger partial charge in [-0.2, -0.15) is 4.98 Å². The van der Waals surface area contributed by atoms with Crippen molar-refractivity contribution in [3.05, 3.63) is 24.3 Å². The number of anilines is 2. The van der Waals surface area contributed by atoms with Gasteiger partial charge < -0.3 is 15.5 Å². The number of benzene rings is 1. The van der Waals surface area contributed by atoms with E-state index in [2.05, 4.69) is 52.5 Å². The first-order chi connectivity index (χ1) is 10.1. The first-order valence-corrected chi connectivity index (χ1v) is 7.56. The van der Waals surface area contributed by atoms with Gasteiger partial charge in [-0.25, -0.2) is 4.98 Å². The molecule has 1 aromatic carbocycles. The van der Waals surface area contributed by atoms with Crippen LogP contribution in [0.2, 0.25) is 0 Å². The SMILES string of the molecule is CCNc1nc(NCCN(C)C(C)C)c2ccccc2n1. The van der Waals surface area contributed by atoms with Crippen molar-refractivity contribution in [2.75, 3.05) is 37.3 Å². The second kappa shape index (κ2) is 7.22. The van der Waals surface area contributed by atoms with Crippen LogP contribution in [-0.4, -0.2) is 47.6 Å². The molecule has 0 atom stereocenters. The minimum absolute atomic E-state index is 0.547. The summed E-state index contributed by atoms with van der Waals surface area (Å²) in [7, 11) is 2.13. The fraction of sp³-hybridized carbons (Fsp3) is 0.500. The molecule has 0 aliphatic rings. The smallest absolute Gasteiger partial charge is 0.225 e. The summed E-state index contributed by atoms with van der Waals surface area (Å²) in [5, 5.41) is 7.69. The number of hydrogen-bond donors (Lipinski definition) is 2. The average molecular weight is 287 g/mol. The zero-order valence-corrected chi connectivity index (χ0v) is 13.3. The van der Waals surface area contributed by atoms with E-state index < -0.39 is 0 Å². The highest BCUT2D eigenvalue weighted by atomic mass is 15.2. The highest BCUT2D eigenvalue weighted by molar-refractivity contribution is 5.89. The summed E-state index contributed by atoms with van der Waals surface area (Å²) in [6.07, 6.45) is 0. The predicted molar refractivity (Wildman–Crippen MR) is 90.0 cm³/mol. The van der Waals surface area contributed by atoms with E-state index in [9.17, 15) is 0 Å². The van der Waals surface area contributed by atoms with Gasteiger partial charge in [0.05, 0.1) is 5.52 Å². The van der Waals surface area contributed by atoms with E-state index in [1.165, 1.54) is 0 Å². The maximum absolute atomic E-state index is 4.58. The Balaban J connectivity index is 2.17. The highest BCUT2D eigenvalue weighted by Crippen LogP contribution is 2.21. The van der Waals surface area contributed by atoms with Crippen LogP contribution in [0.25, 0.3) is 10.9 Å². The van der Waals surface area contributed by atoms with E-state index in [-0.39, 0.29) is 0 Å². The molecule has 0 aliphatic carbocycles. The topological polar surface area (TPSA) is 53.1 Å². The number of hydrogen-bond acceptors (Lipinski definition) is 5. The third-order valence-corrected chi connectivity index (χ3v) is 3.58. The average Bonchev–Trinajstić information content (AvgIpc) is 2.47. The molecule has 0 unspecified atom stereocenters. The Morgan fingerprint density at radius 1 is 1.14 bits per heavy atom. The molecule has 0 saturated carbocycles. The van der Waals surface area contributed by atoms with Crippen molar-refractivity contribution in [2.24, 2.45) is 0 Å². The first kappa shape index (κ1) is 15.5. The number of rotatable bonds is 7. The standard InChI is InChI=1S/C16H25N5/c1-5-17-16-19-14-9-7-6-8-13(14)15(20-16)18-10-11-21(4)12(2)3/h6-9,12H,5,10-11H2,1-4H3,(H2,17,18,19,20). The molecule has 21 heavy (non-hydrogen) atoms. The molecule has 5 nitrogen and oxygen atoms in total. The Morgan fingerprint density at radius 3 is 2.62 bits per heavy atom. The monoisotopic (exact) mass is 287 g/mol. The summed E-state index contributed by atoms with van der Waals surface area (Å²) in [5.74, 6) is 1.57. The highest BCUT2D eigenvalue weighted by Gasteiger charge is 2.07. The summed E-state index contributed by atoms with van der Waals surface area (Å²) in [6, 6.07) is 8.64. The van der Waals surface area contributed by atoms with Gasteiger partial charge in [0, 0.05) is 31.1 Å². The fourth-order valence-electron chi connectivity index (χ4n) is 2.06. The molecule has 0 amide bonds. The molecule has 0 spiro atoms. The van der Waals surface area contributed by atoms with Gasteiger partial charge in [-0.3, -0.25) is 0 Å². The zero-order chi connectivity index (χ0) is 15.2. The number of para-hydroxylation sites is 1. The Bertz CT molecular complexity index is 582. The van der Waals surface area contributed by atoms with Gasteiger partial charge in [-0.05, 0) is 40.0 Å². The van der Waals surface area contributed by atoms with Crippen molar-refractivity contribution in [3.8, 4) is 0 Å². The van der Waals surface area contributed by atoms with Gasteiger partial charge in [0.25, 0.3) is 0 Å². The van der Waals surface area contributed by atoms with Crippen molar-refractivity contribution < 1.29 is 0 Å². The van der Waals surface area contributed by atoms with Crippen LogP contribution in [0.1, 0.15) is 20.8 Å². The summed E-state index contributed by atoms with van der Waals surface area (Å²) in [4.78, 5) is 11.4. The Labute approximate surface area is 126 Å². The fourth-order valence-corrected chi connectivity index (χ4v) is 2.06. The molecular weight excluding hydrogens is 262 g/mol.